The van der Waals surface area contributed by atoms with Crippen LogP contribution in [-0.2, 0) is 0 Å². The van der Waals surface area contributed by atoms with Gasteiger partial charge in [0.1, 0.15) is 5.82 Å². The van der Waals surface area contributed by atoms with Crippen molar-refractivity contribution in [2.24, 2.45) is 11.7 Å². The van der Waals surface area contributed by atoms with Crippen LogP contribution in [0, 0.1) is 5.92 Å². The summed E-state index contributed by atoms with van der Waals surface area (Å²) in [4.78, 5) is 16.0. The number of H-pyrrole nitrogens is 1. The van der Waals surface area contributed by atoms with Gasteiger partial charge in [0.05, 0.1) is 22.8 Å². The van der Waals surface area contributed by atoms with E-state index in [0.717, 1.165) is 34.5 Å². The molecule has 0 saturated carbocycles. The van der Waals surface area contributed by atoms with Gasteiger partial charge in [0.2, 0.25) is 5.95 Å². The van der Waals surface area contributed by atoms with Crippen LogP contribution >= 0.6 is 0 Å². The molecule has 0 saturated heterocycles. The van der Waals surface area contributed by atoms with E-state index in [1.54, 1.807) is 6.20 Å². The molecule has 0 unspecified atom stereocenters. The number of anilines is 1. The summed E-state index contributed by atoms with van der Waals surface area (Å²) in [7, 11) is 0. The maximum absolute atomic E-state index is 6.20. The molecule has 5 N–H and O–H groups in total. The Labute approximate surface area is 129 Å². The summed E-state index contributed by atoms with van der Waals surface area (Å²) in [6, 6.07) is 7.70. The van der Waals surface area contributed by atoms with Gasteiger partial charge < -0.3 is 16.5 Å². The normalized spacial score (nSPS) is 12.9. The lowest BCUT2D eigenvalue weighted by molar-refractivity contribution is 0.496. The minimum atomic E-state index is -0.0782. The van der Waals surface area contributed by atoms with Crippen molar-refractivity contribution in [2.45, 2.75) is 26.3 Å². The van der Waals surface area contributed by atoms with Crippen molar-refractivity contribution in [3.63, 3.8) is 0 Å². The van der Waals surface area contributed by atoms with E-state index in [-0.39, 0.29) is 12.0 Å². The fourth-order valence-corrected chi connectivity index (χ4v) is 2.52. The summed E-state index contributed by atoms with van der Waals surface area (Å²) in [6.45, 7) is 4.31. The van der Waals surface area contributed by atoms with Crippen LogP contribution in [-0.4, -0.2) is 19.9 Å². The number of nitrogens with one attached hydrogen (secondary N) is 1. The molecular weight excluding hydrogens is 276 g/mol. The molecule has 0 spiro atoms. The van der Waals surface area contributed by atoms with E-state index in [0.29, 0.717) is 5.92 Å². The number of fused-ring (bicyclic) bond motifs is 1. The van der Waals surface area contributed by atoms with Crippen LogP contribution in [0.25, 0.3) is 22.3 Å². The topological polar surface area (TPSA) is 106 Å². The van der Waals surface area contributed by atoms with Gasteiger partial charge in [-0.2, -0.15) is 0 Å². The second-order valence-corrected chi connectivity index (χ2v) is 5.89. The van der Waals surface area contributed by atoms with Gasteiger partial charge in [-0.15, -0.1) is 0 Å². The maximum Gasteiger partial charge on any atom is 0.220 e. The van der Waals surface area contributed by atoms with Crippen molar-refractivity contribution < 1.29 is 0 Å². The fourth-order valence-electron chi connectivity index (χ4n) is 2.52. The lowest BCUT2D eigenvalue weighted by Crippen LogP contribution is -2.14. The van der Waals surface area contributed by atoms with Crippen LogP contribution in [0.1, 0.15) is 32.1 Å². The van der Waals surface area contributed by atoms with Crippen molar-refractivity contribution in [2.75, 3.05) is 5.73 Å². The number of hydrogen-bond acceptors (Lipinski definition) is 5. The Morgan fingerprint density at radius 1 is 1.18 bits per heavy atom. The van der Waals surface area contributed by atoms with Crippen molar-refractivity contribution in [1.29, 1.82) is 0 Å². The molecule has 2 heterocycles. The molecular formula is C16H20N6. The Balaban J connectivity index is 1.96. The summed E-state index contributed by atoms with van der Waals surface area (Å²) in [5, 5.41) is 0. The minimum absolute atomic E-state index is 0.0782. The van der Waals surface area contributed by atoms with Gasteiger partial charge in [-0.3, -0.25) is 0 Å². The number of imidazole rings is 1. The van der Waals surface area contributed by atoms with Crippen LogP contribution in [0.4, 0.5) is 5.95 Å². The highest BCUT2D eigenvalue weighted by Crippen LogP contribution is 2.24. The Morgan fingerprint density at radius 2 is 2.00 bits per heavy atom. The largest absolute Gasteiger partial charge is 0.368 e. The molecule has 3 aromatic rings. The summed E-state index contributed by atoms with van der Waals surface area (Å²) < 4.78 is 0. The van der Waals surface area contributed by atoms with E-state index in [2.05, 4.69) is 33.8 Å². The monoisotopic (exact) mass is 296 g/mol. The maximum atomic E-state index is 6.20. The average molecular weight is 296 g/mol. The predicted molar refractivity (Wildman–Crippen MR) is 87.9 cm³/mol. The first-order valence-corrected chi connectivity index (χ1v) is 7.37. The van der Waals surface area contributed by atoms with E-state index < -0.39 is 0 Å². The summed E-state index contributed by atoms with van der Waals surface area (Å²) in [5.74, 6) is 1.62. The molecule has 114 valence electrons. The van der Waals surface area contributed by atoms with Gasteiger partial charge in [0.25, 0.3) is 0 Å². The Morgan fingerprint density at radius 3 is 2.73 bits per heavy atom. The number of aromatic amines is 1. The van der Waals surface area contributed by atoms with Gasteiger partial charge in [0, 0.05) is 11.8 Å². The van der Waals surface area contributed by atoms with Crippen molar-refractivity contribution in [3.05, 3.63) is 36.3 Å². The molecule has 3 rings (SSSR count). The van der Waals surface area contributed by atoms with Crippen LogP contribution in [0.15, 0.2) is 30.5 Å². The summed E-state index contributed by atoms with van der Waals surface area (Å²) in [5.41, 5.74) is 15.4. The highest BCUT2D eigenvalue weighted by atomic mass is 15.0. The fraction of sp³-hybridized carbons (Fsp3) is 0.312. The molecule has 22 heavy (non-hydrogen) atoms. The zero-order chi connectivity index (χ0) is 15.7. The number of rotatable bonds is 4. The smallest absolute Gasteiger partial charge is 0.220 e. The predicted octanol–water partition coefficient (Wildman–Crippen LogP) is 2.65. The number of benzene rings is 1. The average Bonchev–Trinajstić information content (AvgIpc) is 2.89. The third kappa shape index (κ3) is 2.92. The molecule has 1 aromatic carbocycles. The minimum Gasteiger partial charge on any atom is -0.368 e. The highest BCUT2D eigenvalue weighted by molar-refractivity contribution is 5.81. The molecule has 1 atom stereocenters. The summed E-state index contributed by atoms with van der Waals surface area (Å²) >= 11 is 0. The van der Waals surface area contributed by atoms with E-state index in [4.69, 9.17) is 11.5 Å². The second-order valence-electron chi connectivity index (χ2n) is 5.89. The quantitative estimate of drug-likeness (QED) is 0.686. The van der Waals surface area contributed by atoms with E-state index in [1.165, 1.54) is 0 Å². The molecule has 6 heteroatoms. The lowest BCUT2D eigenvalue weighted by atomic mass is 10.0. The van der Waals surface area contributed by atoms with Crippen LogP contribution < -0.4 is 11.5 Å². The van der Waals surface area contributed by atoms with Crippen LogP contribution in [0.5, 0.6) is 0 Å². The number of aromatic nitrogens is 4. The summed E-state index contributed by atoms with van der Waals surface area (Å²) in [6.07, 6.45) is 2.55. The third-order valence-electron chi connectivity index (χ3n) is 3.55. The first kappa shape index (κ1) is 14.5. The molecule has 0 bridgehead atoms. The molecule has 6 nitrogen and oxygen atoms in total. The first-order chi connectivity index (χ1) is 10.5. The zero-order valence-corrected chi connectivity index (χ0v) is 12.7. The van der Waals surface area contributed by atoms with Crippen molar-refractivity contribution >= 4 is 17.0 Å². The standard InChI is InChI=1S/C16H20N6/c1-9(2)7-11(17)15-20-13-4-3-10(8-14(13)21-15)12-5-6-19-16(18)22-12/h3-6,8-9,11H,7,17H2,1-2H3,(H,20,21)(H2,18,19,22)/t11-/m1/s1. The van der Waals surface area contributed by atoms with E-state index in [1.807, 2.05) is 24.3 Å². The molecule has 0 radical (unpaired) electrons. The van der Waals surface area contributed by atoms with Crippen LogP contribution in [0.2, 0.25) is 0 Å². The molecule has 0 aliphatic carbocycles. The number of nitrogens with two attached hydrogens (primary N) is 2. The van der Waals surface area contributed by atoms with Gasteiger partial charge in [-0.25, -0.2) is 15.0 Å². The zero-order valence-electron chi connectivity index (χ0n) is 12.7. The SMILES string of the molecule is CC(C)C[C@@H](N)c1nc2ccc(-c3ccnc(N)n3)cc2[nH]1. The third-order valence-corrected chi connectivity index (χ3v) is 3.55. The molecule has 0 amide bonds. The lowest BCUT2D eigenvalue weighted by Gasteiger charge is -2.10. The van der Waals surface area contributed by atoms with E-state index >= 15 is 0 Å². The molecule has 0 aliphatic rings. The molecule has 0 aliphatic heterocycles. The van der Waals surface area contributed by atoms with Gasteiger partial charge >= 0.3 is 0 Å². The number of nitrogen functional groups attached to an aromatic ring is 1. The van der Waals surface area contributed by atoms with Gasteiger partial charge in [0.15, 0.2) is 0 Å². The molecule has 0 fully saturated rings. The van der Waals surface area contributed by atoms with Crippen molar-refractivity contribution in [1.82, 2.24) is 19.9 Å². The highest BCUT2D eigenvalue weighted by Gasteiger charge is 2.13. The number of nitrogens with zero attached hydrogens (tertiary/aromatic N) is 3. The Hall–Kier alpha value is -2.47. The second kappa shape index (κ2) is 5.73. The first-order valence-electron chi connectivity index (χ1n) is 7.37. The Bertz CT molecular complexity index is 792. The van der Waals surface area contributed by atoms with Crippen molar-refractivity contribution in [3.8, 4) is 11.3 Å². The number of hydrogen-bond donors (Lipinski definition) is 3. The molecule has 2 aromatic heterocycles. The van der Waals surface area contributed by atoms with E-state index in [9.17, 15) is 0 Å². The van der Waals surface area contributed by atoms with Gasteiger partial charge in [-0.05, 0) is 30.5 Å². The van der Waals surface area contributed by atoms with Gasteiger partial charge in [-0.1, -0.05) is 19.9 Å². The Kier molecular flexibility index (Phi) is 3.77. The van der Waals surface area contributed by atoms with Crippen LogP contribution in [0.3, 0.4) is 0 Å².